The van der Waals surface area contributed by atoms with Crippen LogP contribution in [0.5, 0.6) is 0 Å². The van der Waals surface area contributed by atoms with Gasteiger partial charge in [0, 0.05) is 19.6 Å². The number of nitrogen functional groups attached to an aromatic ring is 1. The number of likely N-dealkylation sites (N-methyl/N-ethyl adjacent to an activating group) is 1. The largest absolute Gasteiger partial charge is 0.395 e. The van der Waals surface area contributed by atoms with Gasteiger partial charge in [-0.3, -0.25) is 14.3 Å². The van der Waals surface area contributed by atoms with Crippen molar-refractivity contribution in [1.29, 1.82) is 0 Å². The maximum Gasteiger partial charge on any atom is 0.274 e. The second-order valence-corrected chi connectivity index (χ2v) is 5.93. The van der Waals surface area contributed by atoms with Gasteiger partial charge in [-0.1, -0.05) is 0 Å². The van der Waals surface area contributed by atoms with E-state index < -0.39 is 0 Å². The number of anilines is 1. The average molecular weight is 281 g/mol. The van der Waals surface area contributed by atoms with Crippen molar-refractivity contribution in [2.75, 3.05) is 19.3 Å². The van der Waals surface area contributed by atoms with Crippen molar-refractivity contribution in [3.8, 4) is 0 Å². The van der Waals surface area contributed by atoms with E-state index in [1.54, 1.807) is 21.0 Å². The Kier molecular flexibility index (Phi) is 4.42. The van der Waals surface area contributed by atoms with Crippen LogP contribution in [0.3, 0.4) is 0 Å². The topological polar surface area (TPSA) is 93.2 Å². The monoisotopic (exact) mass is 281 g/mol. The first-order valence-electron chi connectivity index (χ1n) is 6.38. The number of amides is 2. The molecular weight excluding hydrogens is 258 g/mol. The van der Waals surface area contributed by atoms with E-state index in [1.807, 2.05) is 20.8 Å². The van der Waals surface area contributed by atoms with Crippen LogP contribution in [0.1, 0.15) is 37.0 Å². The normalized spacial score (nSPS) is 11.3. The molecule has 0 radical (unpaired) electrons. The lowest BCUT2D eigenvalue weighted by Crippen LogP contribution is -2.46. The molecule has 0 bridgehead atoms. The van der Waals surface area contributed by atoms with Gasteiger partial charge < -0.3 is 16.0 Å². The summed E-state index contributed by atoms with van der Waals surface area (Å²) in [5.74, 6) is -0.541. The molecule has 2 amide bonds. The Bertz CT molecular complexity index is 528. The fraction of sp³-hybridized carbons (Fsp3) is 0.615. The van der Waals surface area contributed by atoms with Crippen LogP contribution in [0.15, 0.2) is 0 Å². The maximum atomic E-state index is 12.3. The predicted octanol–water partition coefficient (Wildman–Crippen LogP) is 0.297. The highest BCUT2D eigenvalue weighted by molar-refractivity contribution is 5.99. The number of hydrogen-bond donors (Lipinski definition) is 2. The lowest BCUT2D eigenvalue weighted by Gasteiger charge is -2.23. The Hall–Kier alpha value is -2.05. The van der Waals surface area contributed by atoms with E-state index in [4.69, 9.17) is 5.73 Å². The molecule has 7 heteroatoms. The summed E-state index contributed by atoms with van der Waals surface area (Å²) < 4.78 is 1.44. The van der Waals surface area contributed by atoms with Gasteiger partial charge in [-0.05, 0) is 27.7 Å². The Morgan fingerprint density at radius 2 is 1.95 bits per heavy atom. The highest BCUT2D eigenvalue weighted by Gasteiger charge is 2.23. The minimum Gasteiger partial charge on any atom is -0.395 e. The van der Waals surface area contributed by atoms with E-state index in [0.29, 0.717) is 17.1 Å². The van der Waals surface area contributed by atoms with E-state index in [-0.39, 0.29) is 23.9 Å². The van der Waals surface area contributed by atoms with Crippen molar-refractivity contribution in [3.05, 3.63) is 11.4 Å². The van der Waals surface area contributed by atoms with Gasteiger partial charge in [0.15, 0.2) is 0 Å². The molecule has 0 aromatic carbocycles. The molecule has 1 aromatic rings. The second-order valence-electron chi connectivity index (χ2n) is 5.93. The zero-order valence-electron chi connectivity index (χ0n) is 12.9. The minimum absolute atomic E-state index is 0.0280. The number of nitrogens with two attached hydrogens (primary N) is 1. The zero-order valence-corrected chi connectivity index (χ0v) is 12.9. The average Bonchev–Trinajstić information content (AvgIpc) is 2.49. The summed E-state index contributed by atoms with van der Waals surface area (Å²) in [6, 6.07) is 0. The van der Waals surface area contributed by atoms with Crippen LogP contribution in [-0.2, 0) is 11.8 Å². The van der Waals surface area contributed by atoms with Crippen molar-refractivity contribution in [3.63, 3.8) is 0 Å². The Balaban J connectivity index is 2.80. The standard InChI is InChI=1S/C13H23N5O2/c1-8-10(14)11(18(6)16-8)12(20)17(5)7-9(19)15-13(2,3)4/h7,14H2,1-6H3,(H,15,19). The van der Waals surface area contributed by atoms with Crippen LogP contribution < -0.4 is 11.1 Å². The smallest absolute Gasteiger partial charge is 0.274 e. The lowest BCUT2D eigenvalue weighted by atomic mass is 10.1. The summed E-state index contributed by atoms with van der Waals surface area (Å²) in [4.78, 5) is 25.5. The number of rotatable bonds is 3. The van der Waals surface area contributed by atoms with Gasteiger partial charge in [0.2, 0.25) is 5.91 Å². The molecule has 1 aromatic heterocycles. The van der Waals surface area contributed by atoms with E-state index in [2.05, 4.69) is 10.4 Å². The predicted molar refractivity (Wildman–Crippen MR) is 77.2 cm³/mol. The number of nitrogens with one attached hydrogen (secondary N) is 1. The molecule has 0 atom stereocenters. The molecule has 0 spiro atoms. The molecule has 0 fully saturated rings. The van der Waals surface area contributed by atoms with E-state index in [0.717, 1.165) is 0 Å². The van der Waals surface area contributed by atoms with Gasteiger partial charge in [-0.2, -0.15) is 5.10 Å². The molecule has 0 unspecified atom stereocenters. The number of carbonyl (C=O) groups excluding carboxylic acids is 2. The summed E-state index contributed by atoms with van der Waals surface area (Å²) in [6.45, 7) is 7.36. The number of carbonyl (C=O) groups is 2. The summed E-state index contributed by atoms with van der Waals surface area (Å²) >= 11 is 0. The summed E-state index contributed by atoms with van der Waals surface area (Å²) in [5.41, 5.74) is 6.76. The number of hydrogen-bond acceptors (Lipinski definition) is 4. The number of aromatic nitrogens is 2. The molecule has 7 nitrogen and oxygen atoms in total. The molecule has 0 saturated heterocycles. The quantitative estimate of drug-likeness (QED) is 0.833. The van der Waals surface area contributed by atoms with E-state index in [1.165, 1.54) is 9.58 Å². The third kappa shape index (κ3) is 3.72. The van der Waals surface area contributed by atoms with Crippen LogP contribution in [0.4, 0.5) is 5.69 Å². The fourth-order valence-electron chi connectivity index (χ4n) is 1.85. The molecule has 0 aliphatic heterocycles. The fourth-order valence-corrected chi connectivity index (χ4v) is 1.85. The van der Waals surface area contributed by atoms with Gasteiger partial charge in [-0.15, -0.1) is 0 Å². The van der Waals surface area contributed by atoms with E-state index >= 15 is 0 Å². The Morgan fingerprint density at radius 1 is 1.40 bits per heavy atom. The SMILES string of the molecule is Cc1nn(C)c(C(=O)N(C)CC(=O)NC(C)(C)C)c1N. The second kappa shape index (κ2) is 5.52. The molecule has 20 heavy (non-hydrogen) atoms. The number of nitrogens with zero attached hydrogens (tertiary/aromatic N) is 3. The molecular formula is C13H23N5O2. The Labute approximate surface area is 119 Å². The zero-order chi connectivity index (χ0) is 15.7. The first-order valence-corrected chi connectivity index (χ1v) is 6.38. The van der Waals surface area contributed by atoms with Crippen molar-refractivity contribution in [2.45, 2.75) is 33.2 Å². The van der Waals surface area contributed by atoms with E-state index in [9.17, 15) is 9.59 Å². The Morgan fingerprint density at radius 3 is 2.35 bits per heavy atom. The highest BCUT2D eigenvalue weighted by Crippen LogP contribution is 2.16. The highest BCUT2D eigenvalue weighted by atomic mass is 16.2. The maximum absolute atomic E-state index is 12.3. The van der Waals surface area contributed by atoms with Gasteiger partial charge in [-0.25, -0.2) is 0 Å². The van der Waals surface area contributed by atoms with Crippen LogP contribution in [-0.4, -0.2) is 45.6 Å². The van der Waals surface area contributed by atoms with Crippen molar-refractivity contribution in [2.24, 2.45) is 7.05 Å². The molecule has 112 valence electrons. The van der Waals surface area contributed by atoms with Crippen molar-refractivity contribution < 1.29 is 9.59 Å². The van der Waals surface area contributed by atoms with Crippen LogP contribution in [0.2, 0.25) is 0 Å². The first-order chi connectivity index (χ1) is 9.03. The molecule has 3 N–H and O–H groups in total. The summed E-state index contributed by atoms with van der Waals surface area (Å²) in [6.07, 6.45) is 0. The number of aryl methyl sites for hydroxylation is 2. The third-order valence-electron chi connectivity index (χ3n) is 2.71. The van der Waals surface area contributed by atoms with Gasteiger partial charge in [0.1, 0.15) is 5.69 Å². The molecule has 1 heterocycles. The summed E-state index contributed by atoms with van der Waals surface area (Å²) in [5, 5.41) is 6.90. The molecule has 0 saturated carbocycles. The molecule has 0 aliphatic rings. The van der Waals surface area contributed by atoms with Crippen molar-refractivity contribution >= 4 is 17.5 Å². The van der Waals surface area contributed by atoms with Crippen molar-refractivity contribution in [1.82, 2.24) is 20.0 Å². The van der Waals surface area contributed by atoms with Crippen LogP contribution in [0, 0.1) is 6.92 Å². The van der Waals surface area contributed by atoms with Gasteiger partial charge >= 0.3 is 0 Å². The van der Waals surface area contributed by atoms with Gasteiger partial charge in [0.05, 0.1) is 17.9 Å². The third-order valence-corrected chi connectivity index (χ3v) is 2.71. The molecule has 0 aliphatic carbocycles. The molecule has 1 rings (SSSR count). The van der Waals surface area contributed by atoms with Crippen LogP contribution in [0.25, 0.3) is 0 Å². The first kappa shape index (κ1) is 16.0. The van der Waals surface area contributed by atoms with Crippen LogP contribution >= 0.6 is 0 Å². The lowest BCUT2D eigenvalue weighted by molar-refractivity contribution is -0.122. The van der Waals surface area contributed by atoms with Gasteiger partial charge in [0.25, 0.3) is 5.91 Å². The minimum atomic E-state index is -0.330. The summed E-state index contributed by atoms with van der Waals surface area (Å²) in [7, 11) is 3.21.